The van der Waals surface area contributed by atoms with Gasteiger partial charge < -0.3 is 10.1 Å². The fraction of sp³-hybridized carbons (Fsp3) is 0.370. The highest BCUT2D eigenvalue weighted by Crippen LogP contribution is 2.35. The van der Waals surface area contributed by atoms with Crippen LogP contribution in [0.15, 0.2) is 54.3 Å². The maximum Gasteiger partial charge on any atom is 0.338 e. The van der Waals surface area contributed by atoms with Crippen LogP contribution in [0, 0.1) is 6.92 Å². The molecule has 0 unspecified atom stereocenters. The van der Waals surface area contributed by atoms with Gasteiger partial charge in [-0.15, -0.1) is 11.3 Å². The second kappa shape index (κ2) is 11.9. The van der Waals surface area contributed by atoms with Gasteiger partial charge in [0.15, 0.2) is 6.04 Å². The number of hydrogen-bond acceptors (Lipinski definition) is 7. The van der Waals surface area contributed by atoms with Gasteiger partial charge in [-0.1, -0.05) is 19.3 Å². The van der Waals surface area contributed by atoms with Crippen molar-refractivity contribution >= 4 is 34.8 Å². The number of carbonyl (C=O) groups excluding carboxylic acids is 3. The quantitative estimate of drug-likeness (QED) is 0.438. The minimum atomic E-state index is -0.908. The van der Waals surface area contributed by atoms with Gasteiger partial charge in [-0.25, -0.2) is 9.78 Å². The normalized spacial score (nSPS) is 14.6. The number of nitrogens with one attached hydrogen (secondary N) is 1. The van der Waals surface area contributed by atoms with Crippen molar-refractivity contribution in [1.82, 2.24) is 15.3 Å². The van der Waals surface area contributed by atoms with Crippen molar-refractivity contribution in [3.63, 3.8) is 0 Å². The van der Waals surface area contributed by atoms with Gasteiger partial charge in [-0.3, -0.25) is 19.5 Å². The molecule has 0 spiro atoms. The first kappa shape index (κ1) is 25.5. The number of nitrogens with zero attached hydrogens (tertiary/aromatic N) is 3. The lowest BCUT2D eigenvalue weighted by Gasteiger charge is -2.33. The first-order chi connectivity index (χ1) is 17.5. The third-order valence-electron chi connectivity index (χ3n) is 6.27. The Hall–Kier alpha value is -3.59. The smallest absolute Gasteiger partial charge is 0.338 e. The van der Waals surface area contributed by atoms with Crippen molar-refractivity contribution in [2.75, 3.05) is 11.5 Å². The highest BCUT2D eigenvalue weighted by molar-refractivity contribution is 7.10. The molecule has 8 nitrogen and oxygen atoms in total. The largest absolute Gasteiger partial charge is 0.462 e. The van der Waals surface area contributed by atoms with E-state index in [0.717, 1.165) is 36.1 Å². The van der Waals surface area contributed by atoms with Gasteiger partial charge in [0.2, 0.25) is 5.91 Å². The average molecular weight is 507 g/mol. The fourth-order valence-corrected chi connectivity index (χ4v) is 5.45. The molecule has 0 saturated heterocycles. The Morgan fingerprint density at radius 2 is 1.86 bits per heavy atom. The van der Waals surface area contributed by atoms with Gasteiger partial charge in [-0.05, 0) is 68.0 Å². The van der Waals surface area contributed by atoms with Crippen molar-refractivity contribution in [1.29, 1.82) is 0 Å². The molecule has 0 aliphatic heterocycles. The summed E-state index contributed by atoms with van der Waals surface area (Å²) >= 11 is 1.43. The number of ether oxygens (including phenoxy) is 1. The number of rotatable bonds is 8. The SMILES string of the molecule is CCOC(=O)c1ccc(N(C(=O)c2cnccn2)[C@H](C(=O)NC2CCCCC2)c2sccc2C)cc1. The molecule has 4 rings (SSSR count). The highest BCUT2D eigenvalue weighted by Gasteiger charge is 2.36. The van der Waals surface area contributed by atoms with Crippen LogP contribution in [0.2, 0.25) is 0 Å². The Bertz CT molecular complexity index is 1190. The lowest BCUT2D eigenvalue weighted by molar-refractivity contribution is -0.123. The minimum Gasteiger partial charge on any atom is -0.462 e. The summed E-state index contributed by atoms with van der Waals surface area (Å²) in [5.41, 5.74) is 1.87. The second-order valence-corrected chi connectivity index (χ2v) is 9.69. The number of aryl methyl sites for hydroxylation is 1. The van der Waals surface area contributed by atoms with Crippen LogP contribution in [-0.4, -0.2) is 40.4 Å². The van der Waals surface area contributed by atoms with Gasteiger partial charge in [-0.2, -0.15) is 0 Å². The van der Waals surface area contributed by atoms with E-state index in [4.69, 9.17) is 4.74 Å². The van der Waals surface area contributed by atoms with E-state index in [2.05, 4.69) is 15.3 Å². The summed E-state index contributed by atoms with van der Waals surface area (Å²) in [4.78, 5) is 50.4. The van der Waals surface area contributed by atoms with Crippen LogP contribution in [0.3, 0.4) is 0 Å². The van der Waals surface area contributed by atoms with Gasteiger partial charge >= 0.3 is 5.97 Å². The number of esters is 1. The number of carbonyl (C=O) groups is 3. The lowest BCUT2D eigenvalue weighted by atomic mass is 9.95. The van der Waals surface area contributed by atoms with E-state index in [1.165, 1.54) is 41.2 Å². The number of hydrogen-bond donors (Lipinski definition) is 1. The summed E-state index contributed by atoms with van der Waals surface area (Å²) in [5, 5.41) is 5.12. The zero-order valence-corrected chi connectivity index (χ0v) is 21.3. The van der Waals surface area contributed by atoms with Gasteiger partial charge in [0.1, 0.15) is 5.69 Å². The Balaban J connectivity index is 1.77. The molecule has 1 aliphatic rings. The molecule has 1 aliphatic carbocycles. The maximum absolute atomic E-state index is 13.9. The molecule has 0 radical (unpaired) electrons. The molecule has 2 amide bonds. The molecule has 0 bridgehead atoms. The number of benzene rings is 1. The Morgan fingerprint density at radius 3 is 2.47 bits per heavy atom. The summed E-state index contributed by atoms with van der Waals surface area (Å²) in [5.74, 6) is -1.14. The minimum absolute atomic E-state index is 0.0775. The molecule has 1 atom stereocenters. The molecule has 1 saturated carbocycles. The summed E-state index contributed by atoms with van der Waals surface area (Å²) in [6, 6.07) is 7.62. The third kappa shape index (κ3) is 5.79. The van der Waals surface area contributed by atoms with Crippen LogP contribution in [-0.2, 0) is 9.53 Å². The highest BCUT2D eigenvalue weighted by atomic mass is 32.1. The van der Waals surface area contributed by atoms with Crippen LogP contribution < -0.4 is 10.2 Å². The summed E-state index contributed by atoms with van der Waals surface area (Å²) in [7, 11) is 0. The molecule has 2 heterocycles. The molecular weight excluding hydrogens is 476 g/mol. The molecule has 1 aromatic carbocycles. The van der Waals surface area contributed by atoms with Gasteiger partial charge in [0.25, 0.3) is 5.91 Å². The standard InChI is InChI=1S/C27H30N4O4S/c1-3-35-27(34)19-9-11-21(12-10-19)31(26(33)22-17-28-14-15-29-22)23(24-18(2)13-16-36-24)25(32)30-20-7-5-4-6-8-20/h9-17,20,23H,3-8H2,1-2H3,(H,30,32)/t23-/m0/s1. The topological polar surface area (TPSA) is 101 Å². The Morgan fingerprint density at radius 1 is 1.11 bits per heavy atom. The van der Waals surface area contributed by atoms with Crippen molar-refractivity contribution in [2.24, 2.45) is 0 Å². The van der Waals surface area contributed by atoms with Gasteiger partial charge in [0.05, 0.1) is 18.4 Å². The summed E-state index contributed by atoms with van der Waals surface area (Å²) < 4.78 is 5.09. The summed E-state index contributed by atoms with van der Waals surface area (Å²) in [6.45, 7) is 3.94. The Labute approximate surface area is 214 Å². The molecule has 1 N–H and O–H groups in total. The lowest BCUT2D eigenvalue weighted by Crippen LogP contribution is -2.47. The fourth-order valence-electron chi connectivity index (χ4n) is 4.43. The van der Waals surface area contributed by atoms with E-state index < -0.39 is 17.9 Å². The average Bonchev–Trinajstić information content (AvgIpc) is 3.33. The number of amides is 2. The number of aromatic nitrogens is 2. The molecule has 36 heavy (non-hydrogen) atoms. The molecular formula is C27H30N4O4S. The van der Waals surface area contributed by atoms with Crippen LogP contribution in [0.25, 0.3) is 0 Å². The van der Waals surface area contributed by atoms with E-state index >= 15 is 0 Å². The zero-order valence-electron chi connectivity index (χ0n) is 20.5. The predicted octanol–water partition coefficient (Wildman–Crippen LogP) is 4.86. The number of thiophene rings is 1. The molecule has 3 aromatic rings. The summed E-state index contributed by atoms with van der Waals surface area (Å²) in [6.07, 6.45) is 9.50. The molecule has 9 heteroatoms. The van der Waals surface area contributed by atoms with E-state index in [1.54, 1.807) is 31.2 Å². The monoisotopic (exact) mass is 506 g/mol. The van der Waals surface area contributed by atoms with Gasteiger partial charge in [0, 0.05) is 29.0 Å². The van der Waals surface area contributed by atoms with E-state index in [-0.39, 0.29) is 24.2 Å². The van der Waals surface area contributed by atoms with Crippen molar-refractivity contribution in [3.05, 3.63) is 76.0 Å². The third-order valence-corrected chi connectivity index (χ3v) is 7.34. The molecule has 2 aromatic heterocycles. The van der Waals surface area contributed by atoms with E-state index in [0.29, 0.717) is 11.3 Å². The van der Waals surface area contributed by atoms with Crippen molar-refractivity contribution in [3.8, 4) is 0 Å². The van der Waals surface area contributed by atoms with Crippen molar-refractivity contribution < 1.29 is 19.1 Å². The predicted molar refractivity (Wildman–Crippen MR) is 138 cm³/mol. The number of anilines is 1. The first-order valence-electron chi connectivity index (χ1n) is 12.2. The van der Waals surface area contributed by atoms with E-state index in [9.17, 15) is 14.4 Å². The van der Waals surface area contributed by atoms with Crippen LogP contribution in [0.4, 0.5) is 5.69 Å². The van der Waals surface area contributed by atoms with Crippen molar-refractivity contribution in [2.45, 2.75) is 58.0 Å². The first-order valence-corrected chi connectivity index (χ1v) is 13.1. The van der Waals surface area contributed by atoms with E-state index in [1.807, 2.05) is 18.4 Å². The Kier molecular flexibility index (Phi) is 8.43. The van der Waals surface area contributed by atoms with Crippen LogP contribution in [0.5, 0.6) is 0 Å². The van der Waals surface area contributed by atoms with Crippen LogP contribution in [0.1, 0.15) is 76.4 Å². The van der Waals surface area contributed by atoms with Crippen LogP contribution >= 0.6 is 11.3 Å². The maximum atomic E-state index is 13.9. The second-order valence-electron chi connectivity index (χ2n) is 8.75. The molecule has 1 fully saturated rings. The molecule has 188 valence electrons. The zero-order chi connectivity index (χ0) is 25.5.